The Balaban J connectivity index is 1.60. The van der Waals surface area contributed by atoms with Crippen LogP contribution in [-0.4, -0.2) is 13.1 Å². The molecule has 3 N–H and O–H groups in total. The summed E-state index contributed by atoms with van der Waals surface area (Å²) in [6, 6.07) is 2.20. The molecule has 1 heterocycles. The van der Waals surface area contributed by atoms with Crippen molar-refractivity contribution < 1.29 is 0 Å². The van der Waals surface area contributed by atoms with Crippen molar-refractivity contribution in [2.45, 2.75) is 32.2 Å². The van der Waals surface area contributed by atoms with Crippen molar-refractivity contribution in [2.75, 3.05) is 13.1 Å². The highest BCUT2D eigenvalue weighted by atomic mass is 32.1. The number of nitrogens with two attached hydrogens (primary N) is 1. The molecule has 0 bridgehead atoms. The third kappa shape index (κ3) is 3.58. The fraction of sp³-hybridized carbons (Fsp3) is 0.692. The summed E-state index contributed by atoms with van der Waals surface area (Å²) in [4.78, 5) is 0. The number of thiophene rings is 1. The second-order valence-corrected chi connectivity index (χ2v) is 5.66. The zero-order chi connectivity index (χ0) is 11.2. The molecule has 1 saturated carbocycles. The molecule has 3 heteroatoms. The highest BCUT2D eigenvalue weighted by Crippen LogP contribution is 2.27. The summed E-state index contributed by atoms with van der Waals surface area (Å²) in [7, 11) is 0. The predicted molar refractivity (Wildman–Crippen MR) is 70.5 cm³/mol. The Labute approximate surface area is 102 Å². The van der Waals surface area contributed by atoms with Crippen molar-refractivity contribution in [3.8, 4) is 0 Å². The lowest BCUT2D eigenvalue weighted by atomic mass is 9.82. The Morgan fingerprint density at radius 2 is 2.00 bits per heavy atom. The van der Waals surface area contributed by atoms with Gasteiger partial charge in [-0.1, -0.05) is 0 Å². The summed E-state index contributed by atoms with van der Waals surface area (Å²) >= 11 is 1.77. The highest BCUT2D eigenvalue weighted by Gasteiger charge is 2.19. The monoisotopic (exact) mass is 238 g/mol. The number of hydrogen-bond donors (Lipinski definition) is 2. The van der Waals surface area contributed by atoms with Crippen molar-refractivity contribution in [2.24, 2.45) is 17.6 Å². The molecule has 0 unspecified atom stereocenters. The molecule has 1 aliphatic rings. The first-order valence-electron chi connectivity index (χ1n) is 6.30. The number of nitrogens with one attached hydrogen (secondary N) is 1. The van der Waals surface area contributed by atoms with Gasteiger partial charge in [-0.2, -0.15) is 11.3 Å². The summed E-state index contributed by atoms with van der Waals surface area (Å²) in [5.74, 6) is 1.68. The Bertz CT molecular complexity index is 276. The van der Waals surface area contributed by atoms with Gasteiger partial charge in [-0.25, -0.2) is 0 Å². The van der Waals surface area contributed by atoms with Gasteiger partial charge in [0.15, 0.2) is 0 Å². The molecule has 1 aliphatic carbocycles. The minimum absolute atomic E-state index is 0.799. The van der Waals surface area contributed by atoms with Crippen LogP contribution in [0.3, 0.4) is 0 Å². The lowest BCUT2D eigenvalue weighted by Gasteiger charge is -2.27. The van der Waals surface area contributed by atoms with Crippen molar-refractivity contribution in [3.63, 3.8) is 0 Å². The molecule has 0 atom stereocenters. The first-order chi connectivity index (χ1) is 7.88. The van der Waals surface area contributed by atoms with Gasteiger partial charge in [-0.3, -0.25) is 0 Å². The van der Waals surface area contributed by atoms with Crippen LogP contribution in [0.2, 0.25) is 0 Å². The third-order valence-corrected chi connectivity index (χ3v) is 4.37. The van der Waals surface area contributed by atoms with Gasteiger partial charge >= 0.3 is 0 Å². The van der Waals surface area contributed by atoms with E-state index in [0.717, 1.165) is 24.9 Å². The largest absolute Gasteiger partial charge is 0.330 e. The summed E-state index contributed by atoms with van der Waals surface area (Å²) in [5.41, 5.74) is 7.12. The van der Waals surface area contributed by atoms with E-state index >= 15 is 0 Å². The van der Waals surface area contributed by atoms with Gasteiger partial charge in [-0.05, 0) is 73.0 Å². The normalized spacial score (nSPS) is 25.8. The van der Waals surface area contributed by atoms with Gasteiger partial charge in [0.25, 0.3) is 0 Å². The van der Waals surface area contributed by atoms with Crippen LogP contribution in [-0.2, 0) is 6.54 Å². The molecule has 0 spiro atoms. The maximum atomic E-state index is 5.70. The zero-order valence-corrected chi connectivity index (χ0v) is 10.6. The second kappa shape index (κ2) is 6.38. The van der Waals surface area contributed by atoms with Gasteiger partial charge in [0.1, 0.15) is 0 Å². The fourth-order valence-corrected chi connectivity index (χ4v) is 3.15. The first-order valence-corrected chi connectivity index (χ1v) is 7.24. The van der Waals surface area contributed by atoms with E-state index in [1.807, 2.05) is 0 Å². The molecule has 1 fully saturated rings. The van der Waals surface area contributed by atoms with E-state index in [1.54, 1.807) is 11.3 Å². The fourth-order valence-electron chi connectivity index (χ4n) is 2.49. The van der Waals surface area contributed by atoms with Gasteiger partial charge in [0.05, 0.1) is 0 Å². The zero-order valence-electron chi connectivity index (χ0n) is 9.82. The molecule has 1 aromatic rings. The van der Waals surface area contributed by atoms with Crippen LogP contribution >= 0.6 is 11.3 Å². The summed E-state index contributed by atoms with van der Waals surface area (Å²) in [6.45, 7) is 3.09. The van der Waals surface area contributed by atoms with Gasteiger partial charge in [0.2, 0.25) is 0 Å². The molecule has 0 aromatic carbocycles. The molecular weight excluding hydrogens is 216 g/mol. The summed E-state index contributed by atoms with van der Waals surface area (Å²) in [5, 5.41) is 7.93. The Hall–Kier alpha value is -0.380. The Morgan fingerprint density at radius 3 is 2.62 bits per heavy atom. The summed E-state index contributed by atoms with van der Waals surface area (Å²) < 4.78 is 0. The van der Waals surface area contributed by atoms with Crippen LogP contribution in [0.4, 0.5) is 0 Å². The molecule has 16 heavy (non-hydrogen) atoms. The molecule has 0 radical (unpaired) electrons. The molecule has 1 aromatic heterocycles. The van der Waals surface area contributed by atoms with E-state index < -0.39 is 0 Å². The van der Waals surface area contributed by atoms with Gasteiger partial charge in [0, 0.05) is 6.54 Å². The Morgan fingerprint density at radius 1 is 1.25 bits per heavy atom. The lowest BCUT2D eigenvalue weighted by molar-refractivity contribution is 0.272. The van der Waals surface area contributed by atoms with E-state index in [1.165, 1.54) is 37.8 Å². The second-order valence-electron chi connectivity index (χ2n) is 4.88. The van der Waals surface area contributed by atoms with Crippen LogP contribution in [0.5, 0.6) is 0 Å². The predicted octanol–water partition coefficient (Wildman–Crippen LogP) is 2.60. The average Bonchev–Trinajstić information content (AvgIpc) is 2.83. The van der Waals surface area contributed by atoms with E-state index in [2.05, 4.69) is 22.1 Å². The van der Waals surface area contributed by atoms with E-state index in [0.29, 0.717) is 0 Å². The van der Waals surface area contributed by atoms with Crippen LogP contribution in [0.15, 0.2) is 16.8 Å². The van der Waals surface area contributed by atoms with E-state index in [-0.39, 0.29) is 0 Å². The first kappa shape index (κ1) is 12.1. The minimum Gasteiger partial charge on any atom is -0.330 e. The molecule has 2 rings (SSSR count). The SMILES string of the molecule is NCC1CCC(CNCc2ccsc2)CC1. The molecule has 2 nitrogen and oxygen atoms in total. The van der Waals surface area contributed by atoms with Gasteiger partial charge < -0.3 is 11.1 Å². The van der Waals surface area contributed by atoms with Crippen LogP contribution in [0.1, 0.15) is 31.2 Å². The van der Waals surface area contributed by atoms with Crippen molar-refractivity contribution in [3.05, 3.63) is 22.4 Å². The molecule has 0 saturated heterocycles. The van der Waals surface area contributed by atoms with Gasteiger partial charge in [-0.15, -0.1) is 0 Å². The number of hydrogen-bond acceptors (Lipinski definition) is 3. The smallest absolute Gasteiger partial charge is 0.0213 e. The highest BCUT2D eigenvalue weighted by molar-refractivity contribution is 7.07. The van der Waals surface area contributed by atoms with Crippen molar-refractivity contribution in [1.82, 2.24) is 5.32 Å². The number of rotatable bonds is 5. The van der Waals surface area contributed by atoms with E-state index in [9.17, 15) is 0 Å². The molecular formula is C13H22N2S. The quantitative estimate of drug-likeness (QED) is 0.827. The summed E-state index contributed by atoms with van der Waals surface area (Å²) in [6.07, 6.45) is 5.39. The maximum absolute atomic E-state index is 5.70. The molecule has 0 amide bonds. The minimum atomic E-state index is 0.799. The molecule has 90 valence electrons. The van der Waals surface area contributed by atoms with E-state index in [4.69, 9.17) is 5.73 Å². The average molecular weight is 238 g/mol. The van der Waals surface area contributed by atoms with Crippen molar-refractivity contribution >= 4 is 11.3 Å². The Kier molecular flexibility index (Phi) is 4.82. The maximum Gasteiger partial charge on any atom is 0.0213 e. The van der Waals surface area contributed by atoms with Crippen molar-refractivity contribution in [1.29, 1.82) is 0 Å². The van der Waals surface area contributed by atoms with Crippen LogP contribution < -0.4 is 11.1 Å². The lowest BCUT2D eigenvalue weighted by Crippen LogP contribution is -2.28. The molecule has 0 aliphatic heterocycles. The standard InChI is InChI=1S/C13H22N2S/c14-7-11-1-3-12(4-2-11)8-15-9-13-5-6-16-10-13/h5-6,10-12,15H,1-4,7-9,14H2. The van der Waals surface area contributed by atoms with Crippen LogP contribution in [0, 0.1) is 11.8 Å². The van der Waals surface area contributed by atoms with Crippen LogP contribution in [0.25, 0.3) is 0 Å². The third-order valence-electron chi connectivity index (χ3n) is 3.64. The topological polar surface area (TPSA) is 38.0 Å².